The summed E-state index contributed by atoms with van der Waals surface area (Å²) < 4.78 is 18.6. The van der Waals surface area contributed by atoms with Crippen LogP contribution < -0.4 is 15.4 Å². The van der Waals surface area contributed by atoms with Gasteiger partial charge in [-0.2, -0.15) is 0 Å². The molecule has 0 saturated carbocycles. The lowest BCUT2D eigenvalue weighted by atomic mass is 9.79. The van der Waals surface area contributed by atoms with Gasteiger partial charge in [-0.3, -0.25) is 4.79 Å². The molecular formula is C34H36BrCl2N3O4. The highest BCUT2D eigenvalue weighted by Crippen LogP contribution is 2.43. The van der Waals surface area contributed by atoms with Crippen molar-refractivity contribution in [2.45, 2.75) is 44.9 Å². The zero-order valence-corrected chi connectivity index (χ0v) is 27.9. The van der Waals surface area contributed by atoms with Crippen molar-refractivity contribution in [1.29, 1.82) is 0 Å². The van der Waals surface area contributed by atoms with Gasteiger partial charge in [0.1, 0.15) is 24.7 Å². The fraction of sp³-hybridized carbons (Fsp3) is 0.353. The molecule has 1 aliphatic carbocycles. The third-order valence-corrected chi connectivity index (χ3v) is 9.21. The van der Waals surface area contributed by atoms with E-state index in [0.717, 1.165) is 58.5 Å². The Bertz CT molecular complexity index is 1560. The van der Waals surface area contributed by atoms with Crippen LogP contribution in [0.3, 0.4) is 0 Å². The molecule has 0 bridgehead atoms. The predicted molar refractivity (Wildman–Crippen MR) is 178 cm³/mol. The van der Waals surface area contributed by atoms with Crippen LogP contribution in [-0.2, 0) is 16.0 Å². The Hall–Kier alpha value is -3.04. The minimum absolute atomic E-state index is 0.0424. The Balaban J connectivity index is 1.24. The molecular weight excluding hydrogens is 665 g/mol. The van der Waals surface area contributed by atoms with Gasteiger partial charge < -0.3 is 24.6 Å². The first-order valence-corrected chi connectivity index (χ1v) is 16.3. The van der Waals surface area contributed by atoms with Gasteiger partial charge >= 0.3 is 0 Å². The summed E-state index contributed by atoms with van der Waals surface area (Å²) in [5.41, 5.74) is 5.30. The van der Waals surface area contributed by atoms with Crippen molar-refractivity contribution in [1.82, 2.24) is 15.8 Å². The van der Waals surface area contributed by atoms with Crippen LogP contribution in [0, 0.1) is 0 Å². The zero-order chi connectivity index (χ0) is 31.1. The maximum Gasteiger partial charge on any atom is 0.216 e. The molecule has 0 unspecified atom stereocenters. The zero-order valence-electron chi connectivity index (χ0n) is 24.8. The SMILES string of the molecule is CC(=O)NCCc1ccccc1-c1onc([C@H]2CNCC[C@@H]2c2ccc(OCCOC3=C(Cl)C=C(C)CC=C3Cl)cc2)c1Br. The number of nitrogens with one attached hydrogen (secondary N) is 2. The van der Waals surface area contributed by atoms with Crippen LogP contribution in [0.1, 0.15) is 55.3 Å². The fourth-order valence-corrected chi connectivity index (χ4v) is 6.89. The molecule has 1 fully saturated rings. The van der Waals surface area contributed by atoms with Crippen molar-refractivity contribution in [2.24, 2.45) is 0 Å². The Labute approximate surface area is 276 Å². The van der Waals surface area contributed by atoms with E-state index in [4.69, 9.17) is 37.2 Å². The fourth-order valence-electron chi connectivity index (χ4n) is 5.62. The number of amides is 1. The smallest absolute Gasteiger partial charge is 0.216 e. The van der Waals surface area contributed by atoms with E-state index in [1.807, 2.05) is 49.4 Å². The summed E-state index contributed by atoms with van der Waals surface area (Å²) in [5.74, 6) is 2.29. The number of halogens is 3. The molecule has 1 amide bonds. The average molecular weight is 701 g/mol. The first-order chi connectivity index (χ1) is 21.3. The largest absolute Gasteiger partial charge is 0.490 e. The highest BCUT2D eigenvalue weighted by molar-refractivity contribution is 9.10. The van der Waals surface area contributed by atoms with Crippen molar-refractivity contribution < 1.29 is 18.8 Å². The van der Waals surface area contributed by atoms with Crippen molar-refractivity contribution >= 4 is 45.0 Å². The lowest BCUT2D eigenvalue weighted by Gasteiger charge is -2.31. The molecule has 2 heterocycles. The number of benzene rings is 2. The topological polar surface area (TPSA) is 85.6 Å². The summed E-state index contributed by atoms with van der Waals surface area (Å²) >= 11 is 16.6. The van der Waals surface area contributed by atoms with Gasteiger partial charge in [-0.05, 0) is 83.9 Å². The van der Waals surface area contributed by atoms with E-state index < -0.39 is 0 Å². The summed E-state index contributed by atoms with van der Waals surface area (Å²) in [6.45, 7) is 6.48. The number of rotatable bonds is 11. The van der Waals surface area contributed by atoms with Gasteiger partial charge in [0.05, 0.1) is 14.5 Å². The molecule has 2 N–H and O–H groups in total. The van der Waals surface area contributed by atoms with Crippen LogP contribution in [0.5, 0.6) is 5.75 Å². The van der Waals surface area contributed by atoms with E-state index in [1.54, 1.807) is 0 Å². The first kappa shape index (κ1) is 32.4. The Morgan fingerprint density at radius 2 is 1.89 bits per heavy atom. The molecule has 2 aliphatic rings. The number of hydrogen-bond donors (Lipinski definition) is 2. The van der Waals surface area contributed by atoms with E-state index in [9.17, 15) is 4.79 Å². The minimum Gasteiger partial charge on any atom is -0.490 e. The molecule has 44 heavy (non-hydrogen) atoms. The minimum atomic E-state index is -0.0424. The first-order valence-electron chi connectivity index (χ1n) is 14.8. The van der Waals surface area contributed by atoms with E-state index in [-0.39, 0.29) is 17.7 Å². The summed E-state index contributed by atoms with van der Waals surface area (Å²) in [4.78, 5) is 11.4. The summed E-state index contributed by atoms with van der Waals surface area (Å²) in [6, 6.07) is 16.3. The van der Waals surface area contributed by atoms with E-state index in [2.05, 4.69) is 49.9 Å². The number of ether oxygens (including phenoxy) is 2. The molecule has 5 rings (SSSR count). The van der Waals surface area contributed by atoms with Crippen molar-refractivity contribution in [2.75, 3.05) is 32.8 Å². The molecule has 0 spiro atoms. The highest BCUT2D eigenvalue weighted by Gasteiger charge is 2.33. The number of carbonyl (C=O) groups excluding carboxylic acids is 1. The number of allylic oxidation sites excluding steroid dienone is 5. The molecule has 10 heteroatoms. The molecule has 2 atom stereocenters. The molecule has 1 aromatic heterocycles. The van der Waals surface area contributed by atoms with Gasteiger partial charge in [0.25, 0.3) is 0 Å². The Kier molecular flexibility index (Phi) is 11.3. The van der Waals surface area contributed by atoms with Gasteiger partial charge in [-0.15, -0.1) is 0 Å². The third-order valence-electron chi connectivity index (χ3n) is 7.84. The monoisotopic (exact) mass is 699 g/mol. The van der Waals surface area contributed by atoms with Crippen LogP contribution in [0.2, 0.25) is 0 Å². The van der Waals surface area contributed by atoms with E-state index in [0.29, 0.717) is 47.8 Å². The van der Waals surface area contributed by atoms with Gasteiger partial charge in [0, 0.05) is 31.5 Å². The molecule has 232 valence electrons. The summed E-state index contributed by atoms with van der Waals surface area (Å²) in [6.07, 6.45) is 6.19. The summed E-state index contributed by atoms with van der Waals surface area (Å²) in [5, 5.41) is 12.0. The maximum atomic E-state index is 11.4. The number of aromatic nitrogens is 1. The Morgan fingerprint density at radius 1 is 1.11 bits per heavy atom. The summed E-state index contributed by atoms with van der Waals surface area (Å²) in [7, 11) is 0. The number of carbonyl (C=O) groups is 1. The number of nitrogens with zero attached hydrogens (tertiary/aromatic N) is 1. The molecule has 2 aromatic carbocycles. The second kappa shape index (κ2) is 15.3. The van der Waals surface area contributed by atoms with Crippen LogP contribution in [0.15, 0.2) is 91.1 Å². The van der Waals surface area contributed by atoms with Crippen molar-refractivity contribution in [3.63, 3.8) is 0 Å². The number of hydrogen-bond acceptors (Lipinski definition) is 6. The predicted octanol–water partition coefficient (Wildman–Crippen LogP) is 7.96. The second-order valence-electron chi connectivity index (χ2n) is 11.0. The highest BCUT2D eigenvalue weighted by atomic mass is 79.9. The van der Waals surface area contributed by atoms with Crippen LogP contribution in [0.4, 0.5) is 0 Å². The van der Waals surface area contributed by atoms with Crippen LogP contribution >= 0.6 is 39.1 Å². The number of piperidine rings is 1. The average Bonchev–Trinajstić information content (AvgIpc) is 3.35. The lowest BCUT2D eigenvalue weighted by molar-refractivity contribution is -0.118. The van der Waals surface area contributed by atoms with Crippen molar-refractivity contribution in [3.05, 3.63) is 103 Å². The Morgan fingerprint density at radius 3 is 2.68 bits per heavy atom. The normalized spacial score (nSPS) is 18.8. The van der Waals surface area contributed by atoms with Gasteiger partial charge in [0.2, 0.25) is 5.91 Å². The molecule has 1 saturated heterocycles. The van der Waals surface area contributed by atoms with Gasteiger partial charge in [-0.1, -0.05) is 76.4 Å². The van der Waals surface area contributed by atoms with E-state index >= 15 is 0 Å². The van der Waals surface area contributed by atoms with E-state index in [1.165, 1.54) is 12.5 Å². The molecule has 7 nitrogen and oxygen atoms in total. The third kappa shape index (κ3) is 7.96. The second-order valence-corrected chi connectivity index (χ2v) is 12.6. The maximum absolute atomic E-state index is 11.4. The van der Waals surface area contributed by atoms with Crippen LogP contribution in [-0.4, -0.2) is 43.9 Å². The van der Waals surface area contributed by atoms with Crippen LogP contribution in [0.25, 0.3) is 11.3 Å². The van der Waals surface area contributed by atoms with Crippen molar-refractivity contribution in [3.8, 4) is 17.1 Å². The van der Waals surface area contributed by atoms with Gasteiger partial charge in [-0.25, -0.2) is 0 Å². The lowest BCUT2D eigenvalue weighted by Crippen LogP contribution is -2.34. The standard InChI is InChI=1S/C34H36BrCl2N3O4/c1-21-7-12-29(36)34(30(37)19-21)43-18-17-42-25-10-8-24(9-11-25)26-14-15-38-20-28(26)32-31(35)33(44-40-32)27-6-4-3-5-23(27)13-16-39-22(2)41/h3-6,8-12,19,26,28,38H,7,13-18,20H2,1-2H3,(H,39,41)/t26-,28+/m1/s1. The quantitative estimate of drug-likeness (QED) is 0.198. The molecule has 3 aromatic rings. The molecule has 1 aliphatic heterocycles. The van der Waals surface area contributed by atoms with Gasteiger partial charge in [0.15, 0.2) is 11.5 Å². The molecule has 0 radical (unpaired) electrons.